The average Bonchev–Trinajstić information content (AvgIpc) is 3.47. The highest BCUT2D eigenvalue weighted by Gasteiger charge is 2.48. The fourth-order valence-corrected chi connectivity index (χ4v) is 5.71. The Hall–Kier alpha value is -2.76. The van der Waals surface area contributed by atoms with Gasteiger partial charge in [-0.25, -0.2) is 18.4 Å². The van der Waals surface area contributed by atoms with Crippen LogP contribution in [0.15, 0.2) is 30.9 Å². The molecule has 10 nitrogen and oxygen atoms in total. The van der Waals surface area contributed by atoms with Gasteiger partial charge in [0, 0.05) is 37.5 Å². The van der Waals surface area contributed by atoms with Crippen LogP contribution in [0, 0.1) is 13.8 Å². The predicted octanol–water partition coefficient (Wildman–Crippen LogP) is 3.35. The summed E-state index contributed by atoms with van der Waals surface area (Å²) >= 11 is 0. The Morgan fingerprint density at radius 2 is 1.72 bits per heavy atom. The zero-order valence-electron chi connectivity index (χ0n) is 21.7. The summed E-state index contributed by atoms with van der Waals surface area (Å²) in [5, 5.41) is 7.87. The maximum Gasteiger partial charge on any atom is 0.166 e. The number of rotatable bonds is 11. The summed E-state index contributed by atoms with van der Waals surface area (Å²) in [4.78, 5) is 13.0. The van der Waals surface area contributed by atoms with Crippen LogP contribution in [0.5, 0.6) is 0 Å². The van der Waals surface area contributed by atoms with Gasteiger partial charge < -0.3 is 14.0 Å². The Bertz CT molecular complexity index is 1300. The van der Waals surface area contributed by atoms with Crippen LogP contribution in [0.3, 0.4) is 0 Å². The summed E-state index contributed by atoms with van der Waals surface area (Å²) in [6, 6.07) is 1.97. The van der Waals surface area contributed by atoms with Crippen molar-refractivity contribution in [1.29, 1.82) is 0 Å². The van der Waals surface area contributed by atoms with Crippen LogP contribution in [-0.2, 0) is 30.6 Å². The van der Waals surface area contributed by atoms with Crippen molar-refractivity contribution in [2.75, 3.05) is 13.7 Å². The zero-order valence-corrected chi connectivity index (χ0v) is 22.5. The highest BCUT2D eigenvalue weighted by Crippen LogP contribution is 2.47. The highest BCUT2D eigenvalue weighted by molar-refractivity contribution is 7.91. The molecule has 3 heterocycles. The number of methoxy groups -OCH3 is 1. The molecule has 194 valence electrons. The molecule has 36 heavy (non-hydrogen) atoms. The molecule has 0 aromatic carbocycles. The molecule has 11 heteroatoms. The number of ether oxygens (including phenoxy) is 2. The van der Waals surface area contributed by atoms with E-state index in [1.165, 1.54) is 0 Å². The predicted molar refractivity (Wildman–Crippen MR) is 135 cm³/mol. The van der Waals surface area contributed by atoms with Gasteiger partial charge in [-0.2, -0.15) is 0 Å². The van der Waals surface area contributed by atoms with Gasteiger partial charge in [-0.1, -0.05) is 0 Å². The van der Waals surface area contributed by atoms with Crippen LogP contribution in [0.4, 0.5) is 0 Å². The summed E-state index contributed by atoms with van der Waals surface area (Å²) in [5.41, 5.74) is 2.28. The van der Waals surface area contributed by atoms with E-state index < -0.39 is 21.2 Å². The number of hydrogen-bond acceptors (Lipinski definition) is 9. The van der Waals surface area contributed by atoms with Gasteiger partial charge in [0.25, 0.3) is 0 Å². The second-order valence-corrected chi connectivity index (χ2v) is 12.3. The maximum atomic E-state index is 13.8. The van der Waals surface area contributed by atoms with E-state index in [0.717, 1.165) is 29.5 Å². The van der Waals surface area contributed by atoms with E-state index in [2.05, 4.69) is 25.1 Å². The van der Waals surface area contributed by atoms with Gasteiger partial charge in [0.05, 0.1) is 23.5 Å². The number of hydrogen-bond donors (Lipinski definition) is 0. The van der Waals surface area contributed by atoms with Crippen molar-refractivity contribution < 1.29 is 17.9 Å². The van der Waals surface area contributed by atoms with Gasteiger partial charge >= 0.3 is 0 Å². The summed E-state index contributed by atoms with van der Waals surface area (Å²) in [7, 11) is -2.10. The first-order valence-corrected chi connectivity index (χ1v) is 13.8. The van der Waals surface area contributed by atoms with Crippen LogP contribution in [0.2, 0.25) is 0 Å². The topological polar surface area (TPSA) is 122 Å². The molecule has 3 aromatic rings. The first kappa shape index (κ1) is 26.3. The molecule has 2 atom stereocenters. The van der Waals surface area contributed by atoms with Gasteiger partial charge in [0.2, 0.25) is 0 Å². The Balaban J connectivity index is 1.72. The first-order chi connectivity index (χ1) is 17.1. The standard InChI is InChI=1S/C25H34N6O4S/c1-16(2)35-22(23-27-11-18(4)12-28-23)19(5)36(32,33)14-21-29-30-24(20-9-17(3)10-26-13-20)31(21)25(7-8-25)15-34-6/h9-13,16,19,22H,7-8,14-15H2,1-6H3/t19-,22+/m0/s1. The van der Waals surface area contributed by atoms with Gasteiger partial charge in [-0.15, -0.1) is 10.2 Å². The third-order valence-corrected chi connectivity index (χ3v) is 8.42. The van der Waals surface area contributed by atoms with Crippen molar-refractivity contribution in [1.82, 2.24) is 29.7 Å². The molecule has 0 N–H and O–H groups in total. The number of nitrogens with zero attached hydrogens (tertiary/aromatic N) is 6. The van der Waals surface area contributed by atoms with Crippen molar-refractivity contribution >= 4 is 9.84 Å². The van der Waals surface area contributed by atoms with E-state index in [9.17, 15) is 8.42 Å². The fourth-order valence-electron chi connectivity index (χ4n) is 4.34. The quantitative estimate of drug-likeness (QED) is 0.379. The summed E-state index contributed by atoms with van der Waals surface area (Å²) in [6.45, 7) is 9.64. The van der Waals surface area contributed by atoms with Crippen molar-refractivity contribution in [3.05, 3.63) is 53.6 Å². The van der Waals surface area contributed by atoms with Crippen molar-refractivity contribution in [2.45, 2.75) is 76.2 Å². The maximum absolute atomic E-state index is 13.8. The van der Waals surface area contributed by atoms with Gasteiger partial charge in [0.1, 0.15) is 17.7 Å². The molecule has 4 rings (SSSR count). The van der Waals surface area contributed by atoms with E-state index in [0.29, 0.717) is 24.1 Å². The Morgan fingerprint density at radius 1 is 1.03 bits per heavy atom. The minimum Gasteiger partial charge on any atom is -0.382 e. The monoisotopic (exact) mass is 514 g/mol. The lowest BCUT2D eigenvalue weighted by Gasteiger charge is -2.26. The average molecular weight is 515 g/mol. The molecule has 0 radical (unpaired) electrons. The molecule has 0 aliphatic heterocycles. The molecule has 1 saturated carbocycles. The molecule has 0 saturated heterocycles. The van der Waals surface area contributed by atoms with Gasteiger partial charge in [0.15, 0.2) is 21.5 Å². The van der Waals surface area contributed by atoms with Crippen molar-refractivity contribution in [2.24, 2.45) is 0 Å². The summed E-state index contributed by atoms with van der Waals surface area (Å²) < 4.78 is 41.0. The lowest BCUT2D eigenvalue weighted by molar-refractivity contribution is 0.00140. The Labute approximate surface area is 212 Å². The second-order valence-electron chi connectivity index (χ2n) is 9.92. The van der Waals surface area contributed by atoms with E-state index >= 15 is 0 Å². The molecule has 0 bridgehead atoms. The molecular weight excluding hydrogens is 480 g/mol. The summed E-state index contributed by atoms with van der Waals surface area (Å²) in [5.74, 6) is 1.02. The number of aromatic nitrogens is 6. The van der Waals surface area contributed by atoms with E-state index in [1.54, 1.807) is 38.8 Å². The van der Waals surface area contributed by atoms with E-state index in [-0.39, 0.29) is 17.4 Å². The number of aryl methyl sites for hydroxylation is 2. The van der Waals surface area contributed by atoms with Gasteiger partial charge in [-0.3, -0.25) is 4.98 Å². The molecule has 1 fully saturated rings. The third-order valence-electron chi connectivity index (χ3n) is 6.37. The molecular formula is C25H34N6O4S. The molecule has 0 spiro atoms. The third kappa shape index (κ3) is 5.47. The van der Waals surface area contributed by atoms with E-state index in [4.69, 9.17) is 9.47 Å². The summed E-state index contributed by atoms with van der Waals surface area (Å²) in [6.07, 6.45) is 7.49. The Morgan fingerprint density at radius 3 is 2.31 bits per heavy atom. The van der Waals surface area contributed by atoms with Crippen molar-refractivity contribution in [3.63, 3.8) is 0 Å². The molecule has 3 aromatic heterocycles. The largest absolute Gasteiger partial charge is 0.382 e. The van der Waals surface area contributed by atoms with E-state index in [1.807, 2.05) is 38.3 Å². The molecule has 1 aliphatic carbocycles. The molecule has 0 amide bonds. The highest BCUT2D eigenvalue weighted by atomic mass is 32.2. The minimum absolute atomic E-state index is 0.210. The lowest BCUT2D eigenvalue weighted by Crippen LogP contribution is -2.33. The zero-order chi connectivity index (χ0) is 26.1. The normalized spacial score (nSPS) is 16.8. The second kappa shape index (κ2) is 10.3. The Kier molecular flexibility index (Phi) is 7.53. The molecule has 0 unspecified atom stereocenters. The molecule has 1 aliphatic rings. The fraction of sp³-hybridized carbons (Fsp3) is 0.560. The van der Waals surface area contributed by atoms with Crippen LogP contribution >= 0.6 is 0 Å². The minimum atomic E-state index is -3.75. The smallest absolute Gasteiger partial charge is 0.166 e. The van der Waals surface area contributed by atoms with Crippen LogP contribution in [-0.4, -0.2) is 63.2 Å². The van der Waals surface area contributed by atoms with Crippen LogP contribution in [0.1, 0.15) is 62.5 Å². The lowest BCUT2D eigenvalue weighted by atomic mass is 10.2. The number of pyridine rings is 1. The number of sulfone groups is 1. The SMILES string of the molecule is COCC1(n2c(CS(=O)(=O)[C@@H](C)[C@@H](OC(C)C)c3ncc(C)cn3)nnc2-c2cncc(C)c2)CC1. The van der Waals surface area contributed by atoms with Crippen LogP contribution < -0.4 is 0 Å². The van der Waals surface area contributed by atoms with Gasteiger partial charge in [-0.05, 0) is 64.7 Å². The van der Waals surface area contributed by atoms with Crippen LogP contribution in [0.25, 0.3) is 11.4 Å². The van der Waals surface area contributed by atoms with Crippen molar-refractivity contribution in [3.8, 4) is 11.4 Å². The first-order valence-electron chi connectivity index (χ1n) is 12.1.